The summed E-state index contributed by atoms with van der Waals surface area (Å²) in [5.41, 5.74) is 4.48. The van der Waals surface area contributed by atoms with Crippen molar-refractivity contribution in [3.8, 4) is 0 Å². The Bertz CT molecular complexity index is 578. The summed E-state index contributed by atoms with van der Waals surface area (Å²) in [7, 11) is 2.79. The summed E-state index contributed by atoms with van der Waals surface area (Å²) in [6.07, 6.45) is 1.59. The zero-order chi connectivity index (χ0) is 12.0. The van der Waals surface area contributed by atoms with Crippen LogP contribution in [0.5, 0.6) is 0 Å². The number of Topliss-reactive ketones (excluding diaryl/α,β-unsaturated/α-hetero) is 1. The zero-order valence-corrected chi connectivity index (χ0v) is 9.19. The average molecular weight is 223 g/mol. The SMILES string of the molecule is Cn1c(N)c(C(=O)C2CC2)c(=O)n(C)c1=O. The molecule has 0 atom stereocenters. The molecule has 0 radical (unpaired) electrons. The van der Waals surface area contributed by atoms with Gasteiger partial charge < -0.3 is 5.73 Å². The topological polar surface area (TPSA) is 87.1 Å². The number of nitrogens with zero attached hydrogens (tertiary/aromatic N) is 2. The first kappa shape index (κ1) is 10.7. The van der Waals surface area contributed by atoms with E-state index >= 15 is 0 Å². The number of carbonyl (C=O) groups excluding carboxylic acids is 1. The Labute approximate surface area is 91.3 Å². The number of ketones is 1. The minimum Gasteiger partial charge on any atom is -0.384 e. The normalized spacial score (nSPS) is 15.1. The fraction of sp³-hybridized carbons (Fsp3) is 0.500. The lowest BCUT2D eigenvalue weighted by Gasteiger charge is -2.10. The van der Waals surface area contributed by atoms with Gasteiger partial charge in [-0.3, -0.25) is 18.7 Å². The predicted octanol–water partition coefficient (Wildman–Crippen LogP) is -0.741. The lowest BCUT2D eigenvalue weighted by atomic mass is 10.1. The van der Waals surface area contributed by atoms with Crippen molar-refractivity contribution in [2.75, 3.05) is 5.73 Å². The third kappa shape index (κ3) is 1.37. The van der Waals surface area contributed by atoms with Crippen LogP contribution in [0.2, 0.25) is 0 Å². The van der Waals surface area contributed by atoms with Crippen LogP contribution in [0, 0.1) is 5.92 Å². The number of aromatic nitrogens is 2. The molecule has 0 amide bonds. The Balaban J connectivity index is 2.74. The molecule has 16 heavy (non-hydrogen) atoms. The smallest absolute Gasteiger partial charge is 0.332 e. The fourth-order valence-corrected chi connectivity index (χ4v) is 1.64. The van der Waals surface area contributed by atoms with Crippen LogP contribution in [0.15, 0.2) is 9.59 Å². The maximum absolute atomic E-state index is 11.9. The molecule has 86 valence electrons. The van der Waals surface area contributed by atoms with Crippen LogP contribution < -0.4 is 17.0 Å². The van der Waals surface area contributed by atoms with E-state index < -0.39 is 11.2 Å². The third-order valence-electron chi connectivity index (χ3n) is 2.90. The van der Waals surface area contributed by atoms with Gasteiger partial charge in [0.1, 0.15) is 11.4 Å². The molecule has 1 aromatic heterocycles. The first-order valence-electron chi connectivity index (χ1n) is 5.05. The van der Waals surface area contributed by atoms with Crippen LogP contribution >= 0.6 is 0 Å². The molecule has 0 spiro atoms. The van der Waals surface area contributed by atoms with Gasteiger partial charge in [0, 0.05) is 20.0 Å². The fourth-order valence-electron chi connectivity index (χ4n) is 1.64. The second-order valence-electron chi connectivity index (χ2n) is 4.10. The largest absolute Gasteiger partial charge is 0.384 e. The van der Waals surface area contributed by atoms with E-state index in [0.717, 1.165) is 22.0 Å². The summed E-state index contributed by atoms with van der Waals surface area (Å²) in [5, 5.41) is 0. The summed E-state index contributed by atoms with van der Waals surface area (Å²) in [6, 6.07) is 0. The van der Waals surface area contributed by atoms with Gasteiger partial charge in [-0.05, 0) is 12.8 Å². The minimum atomic E-state index is -0.600. The van der Waals surface area contributed by atoms with E-state index in [-0.39, 0.29) is 23.1 Å². The second-order valence-corrected chi connectivity index (χ2v) is 4.10. The van der Waals surface area contributed by atoms with Crippen molar-refractivity contribution in [2.24, 2.45) is 20.0 Å². The number of rotatable bonds is 2. The molecule has 0 aliphatic heterocycles. The lowest BCUT2D eigenvalue weighted by Crippen LogP contribution is -2.41. The molecule has 0 saturated heterocycles. The van der Waals surface area contributed by atoms with Crippen molar-refractivity contribution < 1.29 is 4.79 Å². The van der Waals surface area contributed by atoms with Crippen molar-refractivity contribution in [1.29, 1.82) is 0 Å². The van der Waals surface area contributed by atoms with Gasteiger partial charge >= 0.3 is 5.69 Å². The molecule has 2 rings (SSSR count). The monoisotopic (exact) mass is 223 g/mol. The van der Waals surface area contributed by atoms with Crippen LogP contribution in [0.1, 0.15) is 23.2 Å². The lowest BCUT2D eigenvalue weighted by molar-refractivity contribution is 0.0965. The van der Waals surface area contributed by atoms with Crippen LogP contribution in [0.4, 0.5) is 5.82 Å². The van der Waals surface area contributed by atoms with E-state index in [1.165, 1.54) is 14.1 Å². The average Bonchev–Trinajstić information content (AvgIpc) is 3.07. The number of nitrogens with two attached hydrogens (primary N) is 1. The Kier molecular flexibility index (Phi) is 2.22. The minimum absolute atomic E-state index is 0.0370. The second kappa shape index (κ2) is 3.33. The summed E-state index contributed by atoms with van der Waals surface area (Å²) in [4.78, 5) is 35.1. The van der Waals surface area contributed by atoms with Gasteiger partial charge in [0.15, 0.2) is 5.78 Å². The predicted molar refractivity (Wildman–Crippen MR) is 58.4 cm³/mol. The molecule has 6 heteroatoms. The van der Waals surface area contributed by atoms with E-state index in [1.807, 2.05) is 0 Å². The third-order valence-corrected chi connectivity index (χ3v) is 2.90. The molecule has 0 bridgehead atoms. The molecule has 1 aliphatic carbocycles. The number of anilines is 1. The van der Waals surface area contributed by atoms with Gasteiger partial charge in [0.05, 0.1) is 0 Å². The van der Waals surface area contributed by atoms with Gasteiger partial charge in [-0.1, -0.05) is 0 Å². The molecule has 0 aromatic carbocycles. The highest BCUT2D eigenvalue weighted by atomic mass is 16.2. The Hall–Kier alpha value is -1.85. The molecule has 6 nitrogen and oxygen atoms in total. The first-order chi connectivity index (χ1) is 7.45. The molecule has 1 saturated carbocycles. The molecule has 2 N–H and O–H groups in total. The highest BCUT2D eigenvalue weighted by Gasteiger charge is 2.34. The van der Waals surface area contributed by atoms with Crippen molar-refractivity contribution in [3.05, 3.63) is 26.4 Å². The van der Waals surface area contributed by atoms with Gasteiger partial charge in [-0.25, -0.2) is 4.79 Å². The highest BCUT2D eigenvalue weighted by molar-refractivity contribution is 6.02. The van der Waals surface area contributed by atoms with Crippen molar-refractivity contribution >= 4 is 11.6 Å². The van der Waals surface area contributed by atoms with E-state index in [2.05, 4.69) is 0 Å². The van der Waals surface area contributed by atoms with Gasteiger partial charge in [0.2, 0.25) is 0 Å². The standard InChI is InChI=1S/C10H13N3O3/c1-12-8(11)6(7(14)5-3-4-5)9(15)13(2)10(12)16/h5H,3-4,11H2,1-2H3. The van der Waals surface area contributed by atoms with E-state index in [4.69, 9.17) is 5.73 Å². The quantitative estimate of drug-likeness (QED) is 0.669. The Morgan fingerprint density at radius 2 is 1.81 bits per heavy atom. The van der Waals surface area contributed by atoms with Crippen LogP contribution in [-0.4, -0.2) is 14.9 Å². The highest BCUT2D eigenvalue weighted by Crippen LogP contribution is 2.32. The van der Waals surface area contributed by atoms with Crippen molar-refractivity contribution in [1.82, 2.24) is 9.13 Å². The molecule has 0 unspecified atom stereocenters. The Morgan fingerprint density at radius 3 is 2.31 bits per heavy atom. The van der Waals surface area contributed by atoms with Crippen LogP contribution in [0.3, 0.4) is 0 Å². The van der Waals surface area contributed by atoms with Crippen LogP contribution in [0.25, 0.3) is 0 Å². The molecule has 1 aliphatic rings. The summed E-state index contributed by atoms with van der Waals surface area (Å²) in [5.74, 6) is -0.369. The number of nitrogen functional groups attached to an aromatic ring is 1. The molecule has 1 heterocycles. The molecule has 1 fully saturated rings. The van der Waals surface area contributed by atoms with E-state index in [1.54, 1.807) is 0 Å². The van der Waals surface area contributed by atoms with E-state index in [0.29, 0.717) is 0 Å². The first-order valence-corrected chi connectivity index (χ1v) is 5.05. The maximum atomic E-state index is 11.9. The van der Waals surface area contributed by atoms with Gasteiger partial charge in [-0.15, -0.1) is 0 Å². The Morgan fingerprint density at radius 1 is 1.25 bits per heavy atom. The summed E-state index contributed by atoms with van der Waals surface area (Å²) >= 11 is 0. The molecular weight excluding hydrogens is 210 g/mol. The summed E-state index contributed by atoms with van der Waals surface area (Å²) < 4.78 is 2.03. The zero-order valence-electron chi connectivity index (χ0n) is 9.19. The number of carbonyl (C=O) groups is 1. The number of hydrogen-bond acceptors (Lipinski definition) is 4. The number of hydrogen-bond donors (Lipinski definition) is 1. The maximum Gasteiger partial charge on any atom is 0.332 e. The van der Waals surface area contributed by atoms with Crippen molar-refractivity contribution in [3.63, 3.8) is 0 Å². The molecular formula is C10H13N3O3. The summed E-state index contributed by atoms with van der Waals surface area (Å²) in [6.45, 7) is 0. The molecule has 1 aromatic rings. The van der Waals surface area contributed by atoms with E-state index in [9.17, 15) is 14.4 Å². The van der Waals surface area contributed by atoms with Crippen molar-refractivity contribution in [2.45, 2.75) is 12.8 Å². The van der Waals surface area contributed by atoms with Crippen LogP contribution in [-0.2, 0) is 14.1 Å². The van der Waals surface area contributed by atoms with Gasteiger partial charge in [-0.2, -0.15) is 0 Å². The van der Waals surface area contributed by atoms with Gasteiger partial charge in [0.25, 0.3) is 5.56 Å².